The molecule has 1 amide bonds. The van der Waals surface area contributed by atoms with E-state index in [1.54, 1.807) is 31.4 Å². The smallest absolute Gasteiger partial charge is 0.255 e. The monoisotopic (exact) mass is 430 g/mol. The van der Waals surface area contributed by atoms with Crippen LogP contribution in [0.2, 0.25) is 0 Å². The van der Waals surface area contributed by atoms with E-state index in [0.717, 1.165) is 50.3 Å². The first kappa shape index (κ1) is 21.8. The average Bonchev–Trinajstić information content (AvgIpc) is 2.86. The van der Waals surface area contributed by atoms with E-state index in [1.165, 1.54) is 11.3 Å². The lowest BCUT2D eigenvalue weighted by atomic mass is 10.0. The van der Waals surface area contributed by atoms with Gasteiger partial charge in [-0.1, -0.05) is 0 Å². The van der Waals surface area contributed by atoms with Gasteiger partial charge in [-0.15, -0.1) is 0 Å². The van der Waals surface area contributed by atoms with Crippen molar-refractivity contribution >= 4 is 17.3 Å². The Morgan fingerprint density at radius 1 is 1.00 bits per heavy atom. The van der Waals surface area contributed by atoms with Crippen LogP contribution in [-0.4, -0.2) is 43.7 Å². The highest BCUT2D eigenvalue weighted by atomic mass is 16.5. The second-order valence-electron chi connectivity index (χ2n) is 8.05. The van der Waals surface area contributed by atoms with Gasteiger partial charge in [-0.05, 0) is 92.0 Å². The zero-order valence-corrected chi connectivity index (χ0v) is 18.5. The fraction of sp³-hybridized carbons (Fsp3) is 0.308. The van der Waals surface area contributed by atoms with Gasteiger partial charge in [0.1, 0.15) is 5.75 Å². The summed E-state index contributed by atoms with van der Waals surface area (Å²) in [6.45, 7) is 3.06. The molecular formula is C26H30N4O2. The van der Waals surface area contributed by atoms with Crippen molar-refractivity contribution in [1.82, 2.24) is 10.3 Å². The molecule has 166 valence electrons. The summed E-state index contributed by atoms with van der Waals surface area (Å²) < 4.78 is 5.14. The third kappa shape index (κ3) is 5.86. The molecule has 32 heavy (non-hydrogen) atoms. The molecule has 1 saturated heterocycles. The maximum Gasteiger partial charge on any atom is 0.255 e. The normalized spacial score (nSPS) is 14.2. The van der Waals surface area contributed by atoms with Crippen LogP contribution < -0.4 is 20.3 Å². The van der Waals surface area contributed by atoms with Crippen molar-refractivity contribution in [3.8, 4) is 5.75 Å². The molecule has 0 atom stereocenters. The quantitative estimate of drug-likeness (QED) is 0.562. The molecule has 3 aromatic rings. The number of aromatic nitrogens is 1. The van der Waals surface area contributed by atoms with E-state index < -0.39 is 0 Å². The van der Waals surface area contributed by atoms with E-state index >= 15 is 0 Å². The molecule has 6 heteroatoms. The maximum absolute atomic E-state index is 12.4. The van der Waals surface area contributed by atoms with Crippen LogP contribution in [-0.2, 0) is 6.42 Å². The summed E-state index contributed by atoms with van der Waals surface area (Å²) in [5.74, 6) is 0.609. The third-order valence-corrected chi connectivity index (χ3v) is 5.93. The summed E-state index contributed by atoms with van der Waals surface area (Å²) >= 11 is 0. The Kier molecular flexibility index (Phi) is 7.35. The number of hydrogen-bond donors (Lipinski definition) is 2. The van der Waals surface area contributed by atoms with E-state index in [9.17, 15) is 4.79 Å². The van der Waals surface area contributed by atoms with Gasteiger partial charge in [-0.2, -0.15) is 0 Å². The summed E-state index contributed by atoms with van der Waals surface area (Å²) in [6.07, 6.45) is 7.00. The first-order valence-corrected chi connectivity index (χ1v) is 11.1. The Morgan fingerprint density at radius 3 is 2.34 bits per heavy atom. The van der Waals surface area contributed by atoms with Crippen LogP contribution in [0.15, 0.2) is 73.1 Å². The molecule has 2 N–H and O–H groups in total. The van der Waals surface area contributed by atoms with Gasteiger partial charge in [0.15, 0.2) is 0 Å². The first-order chi connectivity index (χ1) is 15.7. The second kappa shape index (κ2) is 10.8. The van der Waals surface area contributed by atoms with Gasteiger partial charge < -0.3 is 20.3 Å². The van der Waals surface area contributed by atoms with Gasteiger partial charge in [0.05, 0.1) is 7.11 Å². The van der Waals surface area contributed by atoms with E-state index in [-0.39, 0.29) is 5.91 Å². The van der Waals surface area contributed by atoms with Crippen molar-refractivity contribution in [3.63, 3.8) is 0 Å². The zero-order chi connectivity index (χ0) is 22.2. The highest BCUT2D eigenvalue weighted by Crippen LogP contribution is 2.23. The topological polar surface area (TPSA) is 66.5 Å². The Bertz CT molecular complexity index is 983. The Labute approximate surface area is 189 Å². The van der Waals surface area contributed by atoms with E-state index in [0.29, 0.717) is 11.6 Å². The average molecular weight is 431 g/mol. The third-order valence-electron chi connectivity index (χ3n) is 5.93. The Hall–Kier alpha value is -3.38. The van der Waals surface area contributed by atoms with Crippen molar-refractivity contribution in [2.24, 2.45) is 0 Å². The van der Waals surface area contributed by atoms with Gasteiger partial charge in [0, 0.05) is 48.5 Å². The number of anilines is 2. The summed E-state index contributed by atoms with van der Waals surface area (Å²) in [7, 11) is 1.61. The highest BCUT2D eigenvalue weighted by Gasteiger charge is 2.19. The summed E-state index contributed by atoms with van der Waals surface area (Å²) in [4.78, 5) is 18.9. The van der Waals surface area contributed by atoms with Gasteiger partial charge >= 0.3 is 0 Å². The highest BCUT2D eigenvalue weighted by molar-refractivity contribution is 6.04. The molecule has 0 saturated carbocycles. The number of nitrogens with zero attached hydrogens (tertiary/aromatic N) is 2. The first-order valence-electron chi connectivity index (χ1n) is 11.1. The molecule has 1 aromatic heterocycles. The minimum absolute atomic E-state index is 0.126. The van der Waals surface area contributed by atoms with E-state index in [1.807, 2.05) is 24.5 Å². The summed E-state index contributed by atoms with van der Waals surface area (Å²) in [6, 6.07) is 19.9. The van der Waals surface area contributed by atoms with Crippen LogP contribution >= 0.6 is 0 Å². The lowest BCUT2D eigenvalue weighted by Gasteiger charge is -2.34. The SMILES string of the molecule is COc1ccc(C(=O)Nc2ccc(N3CCC(NCCc4ccncc4)CC3)cc2)cc1. The number of carbonyl (C=O) groups excluding carboxylic acids is 1. The van der Waals surface area contributed by atoms with E-state index in [2.05, 4.69) is 44.8 Å². The fourth-order valence-corrected chi connectivity index (χ4v) is 4.01. The molecule has 0 aliphatic carbocycles. The number of carbonyl (C=O) groups is 1. The lowest BCUT2D eigenvalue weighted by molar-refractivity contribution is 0.102. The molecular weight excluding hydrogens is 400 g/mol. The van der Waals surface area contributed by atoms with Crippen molar-refractivity contribution in [2.75, 3.05) is 37.0 Å². The number of benzene rings is 2. The van der Waals surface area contributed by atoms with Gasteiger partial charge in [0.25, 0.3) is 5.91 Å². The standard InChI is InChI=1S/C26H30N4O2/c1-32-25-8-2-21(3-9-25)26(31)29-23-4-6-24(7-5-23)30-18-13-22(14-19-30)28-17-12-20-10-15-27-16-11-20/h2-11,15-16,22,28H,12-14,17-19H2,1H3,(H,29,31). The number of ether oxygens (including phenoxy) is 1. The van der Waals surface area contributed by atoms with Crippen LogP contribution in [0.5, 0.6) is 5.75 Å². The fourth-order valence-electron chi connectivity index (χ4n) is 4.01. The van der Waals surface area contributed by atoms with Crippen LogP contribution in [0, 0.1) is 0 Å². The van der Waals surface area contributed by atoms with Crippen LogP contribution in [0.1, 0.15) is 28.8 Å². The number of methoxy groups -OCH3 is 1. The van der Waals surface area contributed by atoms with Gasteiger partial charge in [-0.3, -0.25) is 9.78 Å². The minimum Gasteiger partial charge on any atom is -0.497 e. The number of hydrogen-bond acceptors (Lipinski definition) is 5. The van der Waals surface area contributed by atoms with Crippen molar-refractivity contribution in [2.45, 2.75) is 25.3 Å². The van der Waals surface area contributed by atoms with Crippen molar-refractivity contribution in [3.05, 3.63) is 84.2 Å². The molecule has 0 spiro atoms. The lowest BCUT2D eigenvalue weighted by Crippen LogP contribution is -2.43. The Morgan fingerprint density at radius 2 is 1.69 bits per heavy atom. The summed E-state index contributed by atoms with van der Waals surface area (Å²) in [5.41, 5.74) is 3.92. The zero-order valence-electron chi connectivity index (χ0n) is 18.5. The van der Waals surface area contributed by atoms with E-state index in [4.69, 9.17) is 4.74 Å². The molecule has 1 aliphatic rings. The molecule has 4 rings (SSSR count). The number of pyridine rings is 1. The number of rotatable bonds is 8. The minimum atomic E-state index is -0.126. The van der Waals surface area contributed by atoms with Crippen molar-refractivity contribution < 1.29 is 9.53 Å². The summed E-state index contributed by atoms with van der Waals surface area (Å²) in [5, 5.41) is 6.65. The molecule has 6 nitrogen and oxygen atoms in total. The number of amides is 1. The molecule has 0 unspecified atom stereocenters. The predicted octanol–water partition coefficient (Wildman–Crippen LogP) is 4.14. The Balaban J connectivity index is 1.22. The molecule has 0 bridgehead atoms. The van der Waals surface area contributed by atoms with Gasteiger partial charge in [-0.25, -0.2) is 0 Å². The molecule has 2 heterocycles. The maximum atomic E-state index is 12.4. The molecule has 0 radical (unpaired) electrons. The molecule has 1 fully saturated rings. The van der Waals surface area contributed by atoms with Crippen LogP contribution in [0.4, 0.5) is 11.4 Å². The van der Waals surface area contributed by atoms with Gasteiger partial charge in [0.2, 0.25) is 0 Å². The molecule has 1 aliphatic heterocycles. The van der Waals surface area contributed by atoms with Crippen LogP contribution in [0.25, 0.3) is 0 Å². The second-order valence-corrected chi connectivity index (χ2v) is 8.05. The number of piperidine rings is 1. The molecule has 2 aromatic carbocycles. The number of nitrogens with one attached hydrogen (secondary N) is 2. The predicted molar refractivity (Wildman–Crippen MR) is 129 cm³/mol. The van der Waals surface area contributed by atoms with Crippen LogP contribution in [0.3, 0.4) is 0 Å². The van der Waals surface area contributed by atoms with Crippen molar-refractivity contribution in [1.29, 1.82) is 0 Å². The largest absolute Gasteiger partial charge is 0.497 e.